The number of ether oxygens (including phenoxy) is 1. The predicted octanol–water partition coefficient (Wildman–Crippen LogP) is 3.05. The molecule has 1 N–H and O–H groups in total. The predicted molar refractivity (Wildman–Crippen MR) is 109 cm³/mol. The maximum Gasteiger partial charge on any atom is 0.137 e. The fourth-order valence-corrected chi connectivity index (χ4v) is 4.09. The third kappa shape index (κ3) is 4.42. The molecule has 5 nitrogen and oxygen atoms in total. The Bertz CT molecular complexity index is 1000. The first kappa shape index (κ1) is 19.4. The second-order valence-electron chi connectivity index (χ2n) is 7.54. The van der Waals surface area contributed by atoms with Crippen LogP contribution in [0.25, 0.3) is 10.8 Å². The van der Waals surface area contributed by atoms with E-state index in [4.69, 9.17) is 4.74 Å². The van der Waals surface area contributed by atoms with Crippen LogP contribution in [0.4, 0.5) is 4.79 Å². The van der Waals surface area contributed by atoms with Crippen LogP contribution in [-0.4, -0.2) is 35.3 Å². The van der Waals surface area contributed by atoms with Crippen LogP contribution < -0.4 is 5.11 Å². The molecule has 1 aliphatic rings. The molecule has 150 valence electrons. The van der Waals surface area contributed by atoms with E-state index in [1.54, 1.807) is 0 Å². The molecule has 1 fully saturated rings. The van der Waals surface area contributed by atoms with Gasteiger partial charge in [0.25, 0.3) is 0 Å². The standard InChI is InChI=1S/C24H25NO4/c26-15-17-4-3-7-21(12-17)22-10-11-25(24(27)28)14-23(22)29-16-18-8-9-19-5-1-2-6-20(19)13-18/h1-9,12-13,22-23,26H,10-11,14-16H2,(H,27,28)/p-1. The smallest absolute Gasteiger partial charge is 0.137 e. The van der Waals surface area contributed by atoms with Crippen molar-refractivity contribution < 1.29 is 19.7 Å². The van der Waals surface area contributed by atoms with E-state index in [1.807, 2.05) is 42.5 Å². The number of nitrogens with zero attached hydrogens (tertiary/aromatic N) is 1. The molecule has 0 aliphatic carbocycles. The zero-order chi connectivity index (χ0) is 20.2. The molecule has 1 amide bonds. The van der Waals surface area contributed by atoms with Crippen LogP contribution in [-0.2, 0) is 18.0 Å². The topological polar surface area (TPSA) is 72.8 Å². The van der Waals surface area contributed by atoms with Crippen LogP contribution >= 0.6 is 0 Å². The number of likely N-dealkylation sites (tertiary alicyclic amines) is 1. The summed E-state index contributed by atoms with van der Waals surface area (Å²) in [5, 5.41) is 23.2. The van der Waals surface area contributed by atoms with Crippen LogP contribution in [0.3, 0.4) is 0 Å². The number of carboxylic acid groups (broad SMARTS) is 1. The van der Waals surface area contributed by atoms with Gasteiger partial charge in [0.1, 0.15) is 6.09 Å². The lowest BCUT2D eigenvalue weighted by Gasteiger charge is -2.40. The Balaban J connectivity index is 1.54. The van der Waals surface area contributed by atoms with Crippen molar-refractivity contribution in [2.24, 2.45) is 0 Å². The summed E-state index contributed by atoms with van der Waals surface area (Å²) in [5.41, 5.74) is 2.97. The Hall–Kier alpha value is -2.89. The Morgan fingerprint density at radius 3 is 2.66 bits per heavy atom. The molecule has 0 bridgehead atoms. The van der Waals surface area contributed by atoms with E-state index >= 15 is 0 Å². The highest BCUT2D eigenvalue weighted by Crippen LogP contribution is 2.32. The van der Waals surface area contributed by atoms with Gasteiger partial charge in [-0.1, -0.05) is 60.7 Å². The average Bonchev–Trinajstić information content (AvgIpc) is 2.77. The molecular formula is C24H24NO4-. The molecular weight excluding hydrogens is 366 g/mol. The van der Waals surface area contributed by atoms with E-state index in [1.165, 1.54) is 10.3 Å². The Morgan fingerprint density at radius 2 is 1.86 bits per heavy atom. The van der Waals surface area contributed by atoms with Crippen LogP contribution in [0.15, 0.2) is 66.7 Å². The SMILES string of the molecule is O=C([O-])N1CCC(c2cccc(CO)c2)C(OCc2ccc3ccccc3c2)C1. The molecule has 0 saturated carbocycles. The quantitative estimate of drug-likeness (QED) is 0.727. The van der Waals surface area contributed by atoms with E-state index in [-0.39, 0.29) is 25.2 Å². The number of hydrogen-bond acceptors (Lipinski definition) is 4. The van der Waals surface area contributed by atoms with E-state index < -0.39 is 6.09 Å². The maximum atomic E-state index is 11.4. The number of aliphatic hydroxyl groups is 1. The molecule has 1 saturated heterocycles. The largest absolute Gasteiger partial charge is 0.530 e. The summed E-state index contributed by atoms with van der Waals surface area (Å²) in [6, 6.07) is 22.2. The number of rotatable bonds is 5. The minimum atomic E-state index is -1.16. The van der Waals surface area contributed by atoms with Crippen LogP contribution in [0.1, 0.15) is 29.0 Å². The van der Waals surface area contributed by atoms with Gasteiger partial charge < -0.3 is 24.6 Å². The first-order chi connectivity index (χ1) is 14.1. The Morgan fingerprint density at radius 1 is 1.03 bits per heavy atom. The second-order valence-corrected chi connectivity index (χ2v) is 7.54. The number of piperidine rings is 1. The summed E-state index contributed by atoms with van der Waals surface area (Å²) in [7, 11) is 0. The second kappa shape index (κ2) is 8.64. The molecule has 1 heterocycles. The number of benzene rings is 3. The summed E-state index contributed by atoms with van der Waals surface area (Å²) in [4.78, 5) is 12.7. The first-order valence-electron chi connectivity index (χ1n) is 9.89. The molecule has 3 aromatic carbocycles. The zero-order valence-corrected chi connectivity index (χ0v) is 16.2. The van der Waals surface area contributed by atoms with E-state index in [2.05, 4.69) is 24.3 Å². The minimum absolute atomic E-state index is 0.0195. The average molecular weight is 390 g/mol. The molecule has 0 radical (unpaired) electrons. The number of hydrogen-bond donors (Lipinski definition) is 1. The molecule has 2 unspecified atom stereocenters. The van der Waals surface area contributed by atoms with E-state index in [0.29, 0.717) is 19.6 Å². The van der Waals surface area contributed by atoms with Gasteiger partial charge in [-0.25, -0.2) is 0 Å². The van der Waals surface area contributed by atoms with E-state index in [0.717, 1.165) is 22.1 Å². The van der Waals surface area contributed by atoms with Crippen molar-refractivity contribution in [3.63, 3.8) is 0 Å². The van der Waals surface area contributed by atoms with Crippen molar-refractivity contribution in [3.8, 4) is 0 Å². The van der Waals surface area contributed by atoms with Gasteiger partial charge in [-0.05, 0) is 39.9 Å². The van der Waals surface area contributed by atoms with Crippen LogP contribution in [0, 0.1) is 0 Å². The van der Waals surface area contributed by atoms with Crippen molar-refractivity contribution in [3.05, 3.63) is 83.4 Å². The number of fused-ring (bicyclic) bond motifs is 1. The first-order valence-corrected chi connectivity index (χ1v) is 9.89. The van der Waals surface area contributed by atoms with Crippen molar-refractivity contribution in [1.29, 1.82) is 0 Å². The number of carbonyl (C=O) groups is 1. The number of carbonyl (C=O) groups excluding carboxylic acids is 1. The van der Waals surface area contributed by atoms with Gasteiger partial charge in [0.15, 0.2) is 0 Å². The molecule has 2 atom stereocenters. The third-order valence-electron chi connectivity index (χ3n) is 5.66. The van der Waals surface area contributed by atoms with Crippen LogP contribution in [0.5, 0.6) is 0 Å². The zero-order valence-electron chi connectivity index (χ0n) is 16.2. The molecule has 29 heavy (non-hydrogen) atoms. The molecule has 5 heteroatoms. The Kier molecular flexibility index (Phi) is 5.79. The lowest BCUT2D eigenvalue weighted by molar-refractivity contribution is -0.268. The fourth-order valence-electron chi connectivity index (χ4n) is 4.09. The van der Waals surface area contributed by atoms with Crippen molar-refractivity contribution in [2.45, 2.75) is 31.7 Å². The highest BCUT2D eigenvalue weighted by atomic mass is 16.5. The van der Waals surface area contributed by atoms with Gasteiger partial charge >= 0.3 is 0 Å². The highest BCUT2D eigenvalue weighted by molar-refractivity contribution is 5.82. The normalized spacial score (nSPS) is 19.4. The number of aliphatic hydroxyl groups excluding tert-OH is 1. The molecule has 1 aliphatic heterocycles. The number of amides is 1. The highest BCUT2D eigenvalue weighted by Gasteiger charge is 2.31. The summed E-state index contributed by atoms with van der Waals surface area (Å²) in [6.07, 6.45) is -0.778. The summed E-state index contributed by atoms with van der Waals surface area (Å²) in [5.74, 6) is 0.0672. The maximum absolute atomic E-state index is 11.4. The van der Waals surface area contributed by atoms with Crippen molar-refractivity contribution in [1.82, 2.24) is 4.90 Å². The molecule has 0 aromatic heterocycles. The van der Waals surface area contributed by atoms with Gasteiger partial charge in [-0.15, -0.1) is 0 Å². The van der Waals surface area contributed by atoms with Gasteiger partial charge in [-0.2, -0.15) is 0 Å². The molecule has 4 rings (SSSR count). The Labute approximate surface area is 170 Å². The minimum Gasteiger partial charge on any atom is -0.530 e. The van der Waals surface area contributed by atoms with Gasteiger partial charge in [0.2, 0.25) is 0 Å². The lowest BCUT2D eigenvalue weighted by atomic mass is 9.86. The summed E-state index contributed by atoms with van der Waals surface area (Å²) >= 11 is 0. The fraction of sp³-hybridized carbons (Fsp3) is 0.292. The molecule has 0 spiro atoms. The van der Waals surface area contributed by atoms with Crippen molar-refractivity contribution >= 4 is 16.9 Å². The summed E-state index contributed by atoms with van der Waals surface area (Å²) in [6.45, 7) is 1.09. The van der Waals surface area contributed by atoms with Crippen molar-refractivity contribution in [2.75, 3.05) is 13.1 Å². The monoisotopic (exact) mass is 390 g/mol. The lowest BCUT2D eigenvalue weighted by Crippen LogP contribution is -2.51. The summed E-state index contributed by atoms with van der Waals surface area (Å²) < 4.78 is 6.24. The van der Waals surface area contributed by atoms with Gasteiger partial charge in [-0.3, -0.25) is 0 Å². The third-order valence-corrected chi connectivity index (χ3v) is 5.66. The van der Waals surface area contributed by atoms with Gasteiger partial charge in [0, 0.05) is 19.0 Å². The van der Waals surface area contributed by atoms with E-state index in [9.17, 15) is 15.0 Å². The molecule has 3 aromatic rings. The van der Waals surface area contributed by atoms with Gasteiger partial charge in [0.05, 0.1) is 19.3 Å². The van der Waals surface area contributed by atoms with Crippen LogP contribution in [0.2, 0.25) is 0 Å².